The maximum absolute atomic E-state index is 6.79. The molecule has 4 nitrogen and oxygen atoms in total. The lowest BCUT2D eigenvalue weighted by Crippen LogP contribution is -2.67. The predicted molar refractivity (Wildman–Crippen MR) is 175 cm³/mol. The van der Waals surface area contributed by atoms with E-state index in [1.807, 2.05) is 19.4 Å². The Balaban J connectivity index is 1.66. The minimum Gasteiger partial charge on any atom is -0.496 e. The van der Waals surface area contributed by atoms with Gasteiger partial charge in [0.1, 0.15) is 24.4 Å². The molecule has 2 bridgehead atoms. The first kappa shape index (κ1) is 30.5. The fourth-order valence-electron chi connectivity index (χ4n) is 7.79. The average Bonchev–Trinajstić information content (AvgIpc) is 2.96. The normalized spacial score (nSPS) is 24.9. The van der Waals surface area contributed by atoms with Crippen molar-refractivity contribution < 1.29 is 14.0 Å². The number of ether oxygens (including phenoxy) is 2. The molecule has 3 aliphatic heterocycles. The topological polar surface area (TPSA) is 31.4 Å². The Kier molecular flexibility index (Phi) is 8.44. The molecule has 1 aromatic heterocycles. The number of hydrogen-bond acceptors (Lipinski definition) is 3. The lowest BCUT2D eigenvalue weighted by Gasteiger charge is -2.58. The lowest BCUT2D eigenvalue weighted by molar-refractivity contribution is -0.985. The summed E-state index contributed by atoms with van der Waals surface area (Å²) in [5, 5.41) is 1.18. The number of hydrogen-bond donors (Lipinski definition) is 0. The van der Waals surface area contributed by atoms with E-state index in [9.17, 15) is 0 Å². The van der Waals surface area contributed by atoms with E-state index < -0.39 is 0 Å². The van der Waals surface area contributed by atoms with E-state index in [2.05, 4.69) is 108 Å². The molecule has 42 heavy (non-hydrogen) atoms. The van der Waals surface area contributed by atoms with Gasteiger partial charge < -0.3 is 14.0 Å². The van der Waals surface area contributed by atoms with Crippen molar-refractivity contribution in [3.8, 4) is 5.75 Å². The van der Waals surface area contributed by atoms with Crippen LogP contribution in [0.5, 0.6) is 5.75 Å². The van der Waals surface area contributed by atoms with Crippen molar-refractivity contribution in [2.45, 2.75) is 83.9 Å². The molecule has 224 valence electrons. The summed E-state index contributed by atoms with van der Waals surface area (Å²) in [5.74, 6) is 2.19. The molecule has 3 saturated heterocycles. The van der Waals surface area contributed by atoms with Crippen LogP contribution in [0.1, 0.15) is 82.7 Å². The molecule has 4 heterocycles. The fourth-order valence-corrected chi connectivity index (χ4v) is 7.79. The van der Waals surface area contributed by atoms with E-state index in [-0.39, 0.29) is 16.9 Å². The summed E-state index contributed by atoms with van der Waals surface area (Å²) in [6.45, 7) is 25.8. The van der Waals surface area contributed by atoms with Gasteiger partial charge in [-0.15, -0.1) is 13.2 Å². The highest BCUT2D eigenvalue weighted by Gasteiger charge is 2.54. The number of quaternary nitrogens is 1. The zero-order chi connectivity index (χ0) is 30.3. The molecule has 2 aromatic carbocycles. The van der Waals surface area contributed by atoms with Crippen LogP contribution < -0.4 is 4.74 Å². The van der Waals surface area contributed by atoms with Crippen LogP contribution in [0.15, 0.2) is 74.0 Å². The second-order valence-corrected chi connectivity index (χ2v) is 14.7. The highest BCUT2D eigenvalue weighted by molar-refractivity contribution is 5.82. The van der Waals surface area contributed by atoms with E-state index in [0.717, 1.165) is 41.8 Å². The van der Waals surface area contributed by atoms with Gasteiger partial charge in [0.15, 0.2) is 0 Å². The molecule has 0 amide bonds. The Morgan fingerprint density at radius 2 is 1.71 bits per heavy atom. The highest BCUT2D eigenvalue weighted by atomic mass is 16.5. The second kappa shape index (κ2) is 11.6. The summed E-state index contributed by atoms with van der Waals surface area (Å²) >= 11 is 0. The summed E-state index contributed by atoms with van der Waals surface area (Å²) in [5.41, 5.74) is 6.15. The molecule has 0 N–H and O–H groups in total. The maximum Gasteiger partial charge on any atom is 0.135 e. The Labute approximate surface area is 254 Å². The van der Waals surface area contributed by atoms with Crippen LogP contribution >= 0.6 is 0 Å². The van der Waals surface area contributed by atoms with E-state index in [0.29, 0.717) is 24.5 Å². The standard InChI is InChI=1S/C38H51N2O2/c1-10-20-42-35(30-16-18-39-33-15-13-12-14-29(30)33)34-23-28-17-19-40(34,25-27(28)11-2)24-26-21-31(37(3,4)5)36(41-9)32(22-26)38(6,7)8/h10-16,18,21-22,27-28,34-35H,1-2,17,19-20,23-25H2,3-9H3/q+1/t27-,28-,34+,35-,40+/m0/s1. The predicted octanol–water partition coefficient (Wildman–Crippen LogP) is 8.69. The van der Waals surface area contributed by atoms with Gasteiger partial charge >= 0.3 is 0 Å². The van der Waals surface area contributed by atoms with Crippen LogP contribution in [0, 0.1) is 11.8 Å². The number of nitrogens with zero attached hydrogens (tertiary/aromatic N) is 2. The number of fused-ring (bicyclic) bond motifs is 4. The third-order valence-electron chi connectivity index (χ3n) is 9.87. The molecular formula is C38H51N2O2+. The first-order chi connectivity index (χ1) is 19.9. The maximum atomic E-state index is 6.79. The van der Waals surface area contributed by atoms with Crippen molar-refractivity contribution in [3.63, 3.8) is 0 Å². The first-order valence-corrected chi connectivity index (χ1v) is 15.7. The molecule has 5 atom stereocenters. The Hall–Kier alpha value is -2.95. The smallest absolute Gasteiger partial charge is 0.135 e. The molecule has 0 aliphatic carbocycles. The summed E-state index contributed by atoms with van der Waals surface area (Å²) in [6, 6.07) is 15.9. The molecule has 3 aliphatic rings. The van der Waals surface area contributed by atoms with E-state index in [1.165, 1.54) is 34.1 Å². The van der Waals surface area contributed by atoms with E-state index in [4.69, 9.17) is 9.47 Å². The van der Waals surface area contributed by atoms with Gasteiger partial charge in [0.25, 0.3) is 0 Å². The zero-order valence-electron chi connectivity index (χ0n) is 27.0. The monoisotopic (exact) mass is 567 g/mol. The minimum absolute atomic E-state index is 0.0368. The largest absolute Gasteiger partial charge is 0.496 e. The summed E-state index contributed by atoms with van der Waals surface area (Å²) < 4.78 is 13.9. The lowest BCUT2D eigenvalue weighted by atomic mass is 9.70. The van der Waals surface area contributed by atoms with Crippen LogP contribution in [0.25, 0.3) is 10.9 Å². The van der Waals surface area contributed by atoms with Gasteiger partial charge in [0.05, 0.1) is 32.3 Å². The second-order valence-electron chi connectivity index (χ2n) is 14.7. The molecule has 3 aromatic rings. The number of benzene rings is 2. The molecule has 4 heteroatoms. The van der Waals surface area contributed by atoms with Crippen LogP contribution in [-0.2, 0) is 22.1 Å². The van der Waals surface area contributed by atoms with Crippen molar-refractivity contribution in [3.05, 3.63) is 96.2 Å². The number of para-hydroxylation sites is 1. The molecule has 6 rings (SSSR count). The Bertz CT molecular complexity index is 1410. The van der Waals surface area contributed by atoms with Gasteiger partial charge in [-0.05, 0) is 46.6 Å². The van der Waals surface area contributed by atoms with Gasteiger partial charge in [-0.1, -0.05) is 71.9 Å². The zero-order valence-corrected chi connectivity index (χ0v) is 27.0. The summed E-state index contributed by atoms with van der Waals surface area (Å²) in [7, 11) is 1.82. The third-order valence-corrected chi connectivity index (χ3v) is 9.87. The van der Waals surface area contributed by atoms with Gasteiger partial charge in [-0.2, -0.15) is 0 Å². The Morgan fingerprint density at radius 1 is 1.02 bits per heavy atom. The van der Waals surface area contributed by atoms with Crippen LogP contribution in [0.2, 0.25) is 0 Å². The third kappa shape index (κ3) is 5.68. The van der Waals surface area contributed by atoms with Gasteiger partial charge in [0, 0.05) is 47.0 Å². The molecule has 0 saturated carbocycles. The Morgan fingerprint density at radius 3 is 2.33 bits per heavy atom. The van der Waals surface area contributed by atoms with Crippen LogP contribution in [0.4, 0.5) is 0 Å². The van der Waals surface area contributed by atoms with E-state index in [1.54, 1.807) is 0 Å². The number of rotatable bonds is 9. The van der Waals surface area contributed by atoms with Crippen molar-refractivity contribution in [2.75, 3.05) is 26.8 Å². The molecule has 0 unspecified atom stereocenters. The SMILES string of the molecule is C=CCO[C@@H](c1ccnc2ccccc12)[C@H]1C[C@@H]2CC[N@@+]1(Cc1cc(C(C)(C)C)c(OC)c(C(C)(C)C)c1)C[C@@H]2C=C. The quantitative estimate of drug-likeness (QED) is 0.191. The van der Waals surface area contributed by atoms with Crippen LogP contribution in [0.3, 0.4) is 0 Å². The van der Waals surface area contributed by atoms with Gasteiger partial charge in [-0.3, -0.25) is 4.98 Å². The number of aromatic nitrogens is 1. The van der Waals surface area contributed by atoms with Gasteiger partial charge in [0.2, 0.25) is 0 Å². The van der Waals surface area contributed by atoms with Crippen LogP contribution in [-0.4, -0.2) is 42.3 Å². The number of methoxy groups -OCH3 is 1. The van der Waals surface area contributed by atoms with Crippen molar-refractivity contribution >= 4 is 10.9 Å². The molecule has 3 fully saturated rings. The molecule has 0 radical (unpaired) electrons. The highest BCUT2D eigenvalue weighted by Crippen LogP contribution is 2.50. The van der Waals surface area contributed by atoms with Crippen molar-refractivity contribution in [1.29, 1.82) is 0 Å². The minimum atomic E-state index is -0.0492. The fraction of sp³-hybridized carbons (Fsp3) is 0.500. The van der Waals surface area contributed by atoms with Gasteiger partial charge in [-0.25, -0.2) is 0 Å². The first-order valence-electron chi connectivity index (χ1n) is 15.7. The molecular weight excluding hydrogens is 516 g/mol. The molecule has 0 spiro atoms. The number of pyridine rings is 1. The number of piperidine rings is 3. The van der Waals surface area contributed by atoms with Crippen molar-refractivity contribution in [1.82, 2.24) is 4.98 Å². The van der Waals surface area contributed by atoms with E-state index >= 15 is 0 Å². The average molecular weight is 568 g/mol. The summed E-state index contributed by atoms with van der Waals surface area (Å²) in [6.07, 6.45) is 8.37. The van der Waals surface area contributed by atoms with Crippen molar-refractivity contribution in [2.24, 2.45) is 11.8 Å². The summed E-state index contributed by atoms with van der Waals surface area (Å²) in [4.78, 5) is 4.68.